The number of carbonyl (C=O) groups excluding carboxylic acids is 2. The molecule has 33 heavy (non-hydrogen) atoms. The molecule has 8 nitrogen and oxygen atoms in total. The summed E-state index contributed by atoms with van der Waals surface area (Å²) >= 11 is 1.44. The van der Waals surface area contributed by atoms with Crippen LogP contribution in [0.25, 0.3) is 0 Å². The summed E-state index contributed by atoms with van der Waals surface area (Å²) in [5.74, 6) is 0.144. The minimum absolute atomic E-state index is 0.0719. The van der Waals surface area contributed by atoms with Gasteiger partial charge in [-0.05, 0) is 43.4 Å². The number of rotatable bonds is 10. The number of ether oxygens (including phenoxy) is 3. The van der Waals surface area contributed by atoms with Crippen LogP contribution in [0.2, 0.25) is 0 Å². The van der Waals surface area contributed by atoms with Gasteiger partial charge in [-0.15, -0.1) is 0 Å². The lowest BCUT2D eigenvalue weighted by atomic mass is 9.93. The third-order valence-corrected chi connectivity index (χ3v) is 6.40. The number of hydrogen-bond donors (Lipinski definition) is 1. The zero-order valence-corrected chi connectivity index (χ0v) is 20.5. The number of nitrogens with zero attached hydrogens (tertiary/aromatic N) is 2. The Labute approximate surface area is 199 Å². The van der Waals surface area contributed by atoms with Crippen LogP contribution in [0.1, 0.15) is 45.2 Å². The van der Waals surface area contributed by atoms with Crippen molar-refractivity contribution in [2.75, 3.05) is 27.4 Å². The molecule has 2 atom stereocenters. The van der Waals surface area contributed by atoms with Gasteiger partial charge in [-0.1, -0.05) is 30.8 Å². The van der Waals surface area contributed by atoms with Crippen molar-refractivity contribution >= 4 is 28.8 Å². The Morgan fingerprint density at radius 1 is 1.27 bits per heavy atom. The smallest absolute Gasteiger partial charge is 0.338 e. The lowest BCUT2D eigenvalue weighted by Gasteiger charge is -2.36. The fraction of sp³-hybridized carbons (Fsp3) is 0.458. The molecule has 3 rings (SSSR count). The largest absolute Gasteiger partial charge is 0.497 e. The average Bonchev–Trinajstić information content (AvgIpc) is 3.19. The van der Waals surface area contributed by atoms with Gasteiger partial charge in [0.25, 0.3) is 0 Å². The fourth-order valence-electron chi connectivity index (χ4n) is 3.65. The van der Waals surface area contributed by atoms with Crippen LogP contribution < -0.4 is 10.1 Å². The van der Waals surface area contributed by atoms with Crippen molar-refractivity contribution in [1.29, 1.82) is 0 Å². The number of nitrogens with one attached hydrogen (secondary N) is 1. The Balaban J connectivity index is 1.98. The van der Waals surface area contributed by atoms with E-state index in [1.165, 1.54) is 11.8 Å². The maximum atomic E-state index is 13.2. The van der Waals surface area contributed by atoms with E-state index in [1.807, 2.05) is 48.4 Å². The standard InChI is InChI=1S/C24H31N3O5S/c1-6-15(2)25-20(28)13-18-14-33-24-26-16(3)21(23(29)32-11-10-30-4)22(27(18)24)17-8-7-9-19(12-17)31-5/h7-9,12,14-15,22H,6,10-11,13H2,1-5H3,(H,25,28)/t15-,22+/m1/s1. The Kier molecular flexibility index (Phi) is 8.57. The van der Waals surface area contributed by atoms with Gasteiger partial charge in [0, 0.05) is 18.8 Å². The lowest BCUT2D eigenvalue weighted by molar-refractivity contribution is -0.141. The second kappa shape index (κ2) is 11.4. The van der Waals surface area contributed by atoms with Crippen LogP contribution in [0.15, 0.2) is 51.6 Å². The first-order chi connectivity index (χ1) is 15.9. The van der Waals surface area contributed by atoms with Crippen molar-refractivity contribution in [3.8, 4) is 5.75 Å². The highest BCUT2D eigenvalue weighted by atomic mass is 32.2. The second-order valence-electron chi connectivity index (χ2n) is 7.85. The number of fused-ring (bicyclic) bond motifs is 1. The molecular formula is C24H31N3O5S. The highest BCUT2D eigenvalue weighted by Gasteiger charge is 2.41. The van der Waals surface area contributed by atoms with Crippen molar-refractivity contribution in [3.63, 3.8) is 0 Å². The highest BCUT2D eigenvalue weighted by Crippen LogP contribution is 2.45. The molecule has 0 radical (unpaired) electrons. The van der Waals surface area contributed by atoms with Crippen LogP contribution in [0.5, 0.6) is 5.75 Å². The average molecular weight is 474 g/mol. The summed E-state index contributed by atoms with van der Waals surface area (Å²) < 4.78 is 15.9. The molecule has 0 aliphatic carbocycles. The molecule has 1 N–H and O–H groups in total. The van der Waals surface area contributed by atoms with Gasteiger partial charge in [0.05, 0.1) is 37.4 Å². The van der Waals surface area contributed by atoms with E-state index in [4.69, 9.17) is 14.2 Å². The molecule has 0 saturated heterocycles. The summed E-state index contributed by atoms with van der Waals surface area (Å²) in [5, 5.41) is 5.66. The van der Waals surface area contributed by atoms with Gasteiger partial charge in [-0.2, -0.15) is 0 Å². The fourth-order valence-corrected chi connectivity index (χ4v) is 4.61. The van der Waals surface area contributed by atoms with Crippen molar-refractivity contribution in [2.24, 2.45) is 4.99 Å². The third-order valence-electron chi connectivity index (χ3n) is 5.51. The number of esters is 1. The Bertz CT molecular complexity index is 988. The zero-order valence-electron chi connectivity index (χ0n) is 19.7. The Morgan fingerprint density at radius 3 is 2.76 bits per heavy atom. The van der Waals surface area contributed by atoms with Crippen molar-refractivity contribution < 1.29 is 23.8 Å². The van der Waals surface area contributed by atoms with Crippen LogP contribution in [0.3, 0.4) is 0 Å². The van der Waals surface area contributed by atoms with Gasteiger partial charge in [-0.3, -0.25) is 4.79 Å². The number of carbonyl (C=O) groups is 2. The number of thioether (sulfide) groups is 1. The van der Waals surface area contributed by atoms with Crippen molar-refractivity contribution in [1.82, 2.24) is 10.2 Å². The number of benzene rings is 1. The zero-order chi connectivity index (χ0) is 24.0. The van der Waals surface area contributed by atoms with Gasteiger partial charge < -0.3 is 24.4 Å². The summed E-state index contributed by atoms with van der Waals surface area (Å²) in [7, 11) is 3.15. The number of amidine groups is 1. The van der Waals surface area contributed by atoms with Gasteiger partial charge in [0.15, 0.2) is 5.17 Å². The SMILES string of the molecule is CC[C@@H](C)NC(=O)CC1=CSC2=NC(C)=C(C(=O)OCCOC)[C@H](c3cccc(OC)c3)N12. The molecule has 9 heteroatoms. The predicted molar refractivity (Wildman–Crippen MR) is 129 cm³/mol. The normalized spacial score (nSPS) is 18.3. The van der Waals surface area contributed by atoms with Gasteiger partial charge in [0.2, 0.25) is 5.91 Å². The summed E-state index contributed by atoms with van der Waals surface area (Å²) in [6.07, 6.45) is 1.03. The van der Waals surface area contributed by atoms with Crippen molar-refractivity contribution in [2.45, 2.75) is 45.7 Å². The molecular weight excluding hydrogens is 442 g/mol. The quantitative estimate of drug-likeness (QED) is 0.409. The molecule has 0 bridgehead atoms. The van der Waals surface area contributed by atoms with E-state index >= 15 is 0 Å². The summed E-state index contributed by atoms with van der Waals surface area (Å²) in [6.45, 7) is 6.25. The first kappa shape index (κ1) is 24.9. The maximum absolute atomic E-state index is 13.2. The van der Waals surface area contributed by atoms with E-state index in [0.29, 0.717) is 23.6 Å². The minimum atomic E-state index is -0.500. The minimum Gasteiger partial charge on any atom is -0.497 e. The van der Waals surface area contributed by atoms with Gasteiger partial charge in [0.1, 0.15) is 12.4 Å². The molecule has 178 valence electrons. The molecule has 2 aliphatic heterocycles. The number of methoxy groups -OCH3 is 2. The molecule has 1 aromatic carbocycles. The van der Waals surface area contributed by atoms with Crippen LogP contribution in [0, 0.1) is 0 Å². The van der Waals surface area contributed by atoms with Crippen molar-refractivity contribution in [3.05, 3.63) is 52.2 Å². The maximum Gasteiger partial charge on any atom is 0.338 e. The molecule has 1 amide bonds. The first-order valence-corrected chi connectivity index (χ1v) is 11.8. The second-order valence-corrected chi connectivity index (χ2v) is 8.69. The van der Waals surface area contributed by atoms with Crippen LogP contribution in [-0.2, 0) is 19.1 Å². The molecule has 0 fully saturated rings. The van der Waals surface area contributed by atoms with Crippen LogP contribution in [-0.4, -0.2) is 55.4 Å². The molecule has 2 heterocycles. The molecule has 1 aromatic rings. The molecule has 0 unspecified atom stereocenters. The highest BCUT2D eigenvalue weighted by molar-refractivity contribution is 8.16. The van der Waals surface area contributed by atoms with Gasteiger partial charge in [-0.25, -0.2) is 9.79 Å². The molecule has 0 spiro atoms. The van der Waals surface area contributed by atoms with Crippen LogP contribution in [0.4, 0.5) is 0 Å². The Morgan fingerprint density at radius 2 is 2.06 bits per heavy atom. The van der Waals surface area contributed by atoms with E-state index in [-0.39, 0.29) is 25.0 Å². The topological polar surface area (TPSA) is 89.5 Å². The number of aliphatic imine (C=N–C) groups is 1. The number of hydrogen-bond acceptors (Lipinski definition) is 8. The van der Waals surface area contributed by atoms with E-state index < -0.39 is 12.0 Å². The number of allylic oxidation sites excluding steroid dienone is 1. The van der Waals surface area contributed by atoms with Gasteiger partial charge >= 0.3 is 5.97 Å². The van der Waals surface area contributed by atoms with Crippen LogP contribution >= 0.6 is 11.8 Å². The van der Waals surface area contributed by atoms with E-state index in [2.05, 4.69) is 10.3 Å². The monoisotopic (exact) mass is 473 g/mol. The summed E-state index contributed by atoms with van der Waals surface area (Å²) in [5.41, 5.74) is 2.64. The Hall–Kier alpha value is -2.78. The number of amides is 1. The third kappa shape index (κ3) is 5.78. The summed E-state index contributed by atoms with van der Waals surface area (Å²) in [4.78, 5) is 32.5. The van der Waals surface area contributed by atoms with E-state index in [1.54, 1.807) is 21.1 Å². The first-order valence-electron chi connectivity index (χ1n) is 10.9. The summed E-state index contributed by atoms with van der Waals surface area (Å²) in [6, 6.07) is 7.15. The molecule has 2 aliphatic rings. The predicted octanol–water partition coefficient (Wildman–Crippen LogP) is 3.76. The van der Waals surface area contributed by atoms with E-state index in [0.717, 1.165) is 22.8 Å². The lowest BCUT2D eigenvalue weighted by Crippen LogP contribution is -2.39. The van der Waals surface area contributed by atoms with E-state index in [9.17, 15) is 9.59 Å². The molecule has 0 saturated carbocycles. The molecule has 0 aromatic heterocycles.